The zero-order valence-electron chi connectivity index (χ0n) is 9.08. The van der Waals surface area contributed by atoms with Gasteiger partial charge < -0.3 is 10.7 Å². The highest BCUT2D eigenvalue weighted by Gasteiger charge is 2.09. The molecule has 4 N–H and O–H groups in total. The predicted molar refractivity (Wildman–Crippen MR) is 62.8 cm³/mol. The average molecular weight is 231 g/mol. The molecule has 0 aliphatic carbocycles. The standard InChI is InChI=1S/C11H10FN5/c1-5-9(12)15-11(14-5)6-2-3-7-8(4-6)16-17-10(7)13/h2-4H,1H3,(H,14,15)(H3,13,16,17). The Hall–Kier alpha value is -2.37. The SMILES string of the molecule is Cc1[nH]c(-c2ccc3c(N)n[nH]c3c2)nc1F. The largest absolute Gasteiger partial charge is 0.382 e. The van der Waals surface area contributed by atoms with Gasteiger partial charge in [0, 0.05) is 10.9 Å². The maximum Gasteiger partial charge on any atom is 0.234 e. The van der Waals surface area contributed by atoms with E-state index in [9.17, 15) is 4.39 Å². The molecule has 86 valence electrons. The van der Waals surface area contributed by atoms with Crippen LogP contribution in [0.2, 0.25) is 0 Å². The van der Waals surface area contributed by atoms with Crippen LogP contribution >= 0.6 is 0 Å². The molecule has 0 fully saturated rings. The van der Waals surface area contributed by atoms with Gasteiger partial charge in [-0.15, -0.1) is 0 Å². The Morgan fingerprint density at radius 1 is 1.35 bits per heavy atom. The summed E-state index contributed by atoms with van der Waals surface area (Å²) in [5.41, 5.74) is 7.67. The van der Waals surface area contributed by atoms with Crippen LogP contribution < -0.4 is 5.73 Å². The van der Waals surface area contributed by atoms with Crippen molar-refractivity contribution in [1.29, 1.82) is 0 Å². The van der Waals surface area contributed by atoms with Crippen molar-refractivity contribution in [2.24, 2.45) is 0 Å². The summed E-state index contributed by atoms with van der Waals surface area (Å²) in [6, 6.07) is 5.49. The molecule has 2 aromatic heterocycles. The van der Waals surface area contributed by atoms with E-state index in [-0.39, 0.29) is 0 Å². The third-order valence-corrected chi connectivity index (χ3v) is 2.69. The summed E-state index contributed by atoms with van der Waals surface area (Å²) in [5, 5.41) is 7.56. The first-order valence-electron chi connectivity index (χ1n) is 5.11. The summed E-state index contributed by atoms with van der Waals surface area (Å²) >= 11 is 0. The molecule has 0 spiro atoms. The summed E-state index contributed by atoms with van der Waals surface area (Å²) in [6.07, 6.45) is 0. The molecular formula is C11H10FN5. The number of hydrogen-bond acceptors (Lipinski definition) is 3. The van der Waals surface area contributed by atoms with Crippen LogP contribution in [0.25, 0.3) is 22.3 Å². The average Bonchev–Trinajstić information content (AvgIpc) is 2.84. The van der Waals surface area contributed by atoms with Crippen molar-refractivity contribution in [3.63, 3.8) is 0 Å². The molecule has 0 saturated heterocycles. The van der Waals surface area contributed by atoms with E-state index >= 15 is 0 Å². The smallest absolute Gasteiger partial charge is 0.234 e. The molecule has 0 bridgehead atoms. The number of aryl methyl sites for hydroxylation is 1. The van der Waals surface area contributed by atoms with Gasteiger partial charge in [0.2, 0.25) is 5.95 Å². The number of nitrogens with two attached hydrogens (primary N) is 1. The number of imidazole rings is 1. The quantitative estimate of drug-likeness (QED) is 0.598. The fraction of sp³-hybridized carbons (Fsp3) is 0.0909. The lowest BCUT2D eigenvalue weighted by Crippen LogP contribution is -1.84. The molecule has 0 atom stereocenters. The Morgan fingerprint density at radius 2 is 2.18 bits per heavy atom. The number of aromatic nitrogens is 4. The third-order valence-electron chi connectivity index (χ3n) is 2.69. The van der Waals surface area contributed by atoms with Gasteiger partial charge in [-0.1, -0.05) is 6.07 Å². The van der Waals surface area contributed by atoms with Gasteiger partial charge in [-0.3, -0.25) is 5.10 Å². The number of nitrogen functional groups attached to an aromatic ring is 1. The van der Waals surface area contributed by atoms with E-state index in [2.05, 4.69) is 20.2 Å². The van der Waals surface area contributed by atoms with Gasteiger partial charge in [-0.05, 0) is 19.1 Å². The Balaban J connectivity index is 2.17. The molecule has 0 radical (unpaired) electrons. The van der Waals surface area contributed by atoms with Crippen molar-refractivity contribution in [3.8, 4) is 11.4 Å². The first-order chi connectivity index (χ1) is 8.15. The van der Waals surface area contributed by atoms with Gasteiger partial charge in [0.25, 0.3) is 0 Å². The van der Waals surface area contributed by atoms with Crippen LogP contribution in [0, 0.1) is 12.9 Å². The van der Waals surface area contributed by atoms with Gasteiger partial charge in [-0.2, -0.15) is 9.49 Å². The van der Waals surface area contributed by atoms with Crippen molar-refractivity contribution in [3.05, 3.63) is 29.8 Å². The zero-order valence-corrected chi connectivity index (χ0v) is 9.08. The lowest BCUT2D eigenvalue weighted by atomic mass is 10.1. The maximum atomic E-state index is 13.2. The fourth-order valence-corrected chi connectivity index (χ4v) is 1.76. The molecule has 0 unspecified atom stereocenters. The summed E-state index contributed by atoms with van der Waals surface area (Å²) in [5.74, 6) is 0.465. The lowest BCUT2D eigenvalue weighted by molar-refractivity contribution is 0.582. The van der Waals surface area contributed by atoms with Gasteiger partial charge in [-0.25, -0.2) is 4.98 Å². The number of benzene rings is 1. The number of anilines is 1. The number of fused-ring (bicyclic) bond motifs is 1. The number of aromatic amines is 2. The normalized spacial score (nSPS) is 11.2. The zero-order chi connectivity index (χ0) is 12.0. The Kier molecular flexibility index (Phi) is 1.91. The van der Waals surface area contributed by atoms with Gasteiger partial charge in [0.05, 0.1) is 11.2 Å². The number of nitrogens with one attached hydrogen (secondary N) is 2. The minimum absolute atomic E-state index is 0.421. The van der Waals surface area contributed by atoms with Crippen LogP contribution in [0.4, 0.5) is 10.2 Å². The van der Waals surface area contributed by atoms with Crippen LogP contribution in [0.1, 0.15) is 5.69 Å². The minimum atomic E-state index is -0.482. The van der Waals surface area contributed by atoms with Crippen molar-refractivity contribution in [2.45, 2.75) is 6.92 Å². The van der Waals surface area contributed by atoms with E-state index in [0.29, 0.717) is 17.3 Å². The van der Waals surface area contributed by atoms with Gasteiger partial charge >= 0.3 is 0 Å². The van der Waals surface area contributed by atoms with E-state index in [0.717, 1.165) is 16.5 Å². The number of halogens is 1. The highest BCUT2D eigenvalue weighted by Crippen LogP contribution is 2.24. The molecule has 0 aliphatic rings. The second-order valence-electron chi connectivity index (χ2n) is 3.87. The van der Waals surface area contributed by atoms with Gasteiger partial charge in [0.1, 0.15) is 5.82 Å². The fourth-order valence-electron chi connectivity index (χ4n) is 1.76. The van der Waals surface area contributed by atoms with Crippen molar-refractivity contribution >= 4 is 16.7 Å². The molecule has 0 aliphatic heterocycles. The second kappa shape index (κ2) is 3.31. The summed E-state index contributed by atoms with van der Waals surface area (Å²) < 4.78 is 13.2. The third kappa shape index (κ3) is 1.45. The molecule has 0 amide bonds. The van der Waals surface area contributed by atoms with E-state index in [1.54, 1.807) is 6.92 Å². The van der Waals surface area contributed by atoms with Crippen LogP contribution in [0.3, 0.4) is 0 Å². The molecular weight excluding hydrogens is 221 g/mol. The number of rotatable bonds is 1. The molecule has 5 nitrogen and oxygen atoms in total. The lowest BCUT2D eigenvalue weighted by Gasteiger charge is -1.96. The predicted octanol–water partition coefficient (Wildman–Crippen LogP) is 1.98. The van der Waals surface area contributed by atoms with Crippen LogP contribution in [-0.4, -0.2) is 20.2 Å². The number of nitrogens with zero attached hydrogens (tertiary/aromatic N) is 2. The van der Waals surface area contributed by atoms with E-state index in [4.69, 9.17) is 5.73 Å². The van der Waals surface area contributed by atoms with Crippen molar-refractivity contribution in [1.82, 2.24) is 20.2 Å². The molecule has 3 aromatic rings. The Labute approximate surface area is 95.9 Å². The molecule has 2 heterocycles. The highest BCUT2D eigenvalue weighted by atomic mass is 19.1. The summed E-state index contributed by atoms with van der Waals surface area (Å²) in [7, 11) is 0. The highest BCUT2D eigenvalue weighted by molar-refractivity contribution is 5.91. The second-order valence-corrected chi connectivity index (χ2v) is 3.87. The van der Waals surface area contributed by atoms with Gasteiger partial charge in [0.15, 0.2) is 5.82 Å². The molecule has 6 heteroatoms. The Bertz CT molecular complexity index is 678. The monoisotopic (exact) mass is 231 g/mol. The molecule has 3 rings (SSSR count). The Morgan fingerprint density at radius 3 is 2.88 bits per heavy atom. The van der Waals surface area contributed by atoms with E-state index in [1.165, 1.54) is 0 Å². The van der Waals surface area contributed by atoms with E-state index in [1.807, 2.05) is 18.2 Å². The molecule has 1 aromatic carbocycles. The first kappa shape index (κ1) is 9.83. The number of hydrogen-bond donors (Lipinski definition) is 3. The maximum absolute atomic E-state index is 13.2. The topological polar surface area (TPSA) is 83.4 Å². The van der Waals surface area contributed by atoms with Crippen molar-refractivity contribution < 1.29 is 4.39 Å². The van der Waals surface area contributed by atoms with Crippen molar-refractivity contribution in [2.75, 3.05) is 5.73 Å². The molecule has 17 heavy (non-hydrogen) atoms. The summed E-state index contributed by atoms with van der Waals surface area (Å²) in [4.78, 5) is 6.69. The number of H-pyrrole nitrogens is 2. The van der Waals surface area contributed by atoms with E-state index < -0.39 is 5.95 Å². The molecule has 0 saturated carbocycles. The first-order valence-corrected chi connectivity index (χ1v) is 5.11. The van der Waals surface area contributed by atoms with Crippen LogP contribution in [0.5, 0.6) is 0 Å². The summed E-state index contributed by atoms with van der Waals surface area (Å²) in [6.45, 7) is 1.64. The minimum Gasteiger partial charge on any atom is -0.382 e. The van der Waals surface area contributed by atoms with Crippen LogP contribution in [-0.2, 0) is 0 Å². The van der Waals surface area contributed by atoms with Crippen LogP contribution in [0.15, 0.2) is 18.2 Å².